The number of hydrogen-bond acceptors (Lipinski definition) is 3. The van der Waals surface area contributed by atoms with Crippen molar-refractivity contribution in [2.75, 3.05) is 5.73 Å². The van der Waals surface area contributed by atoms with Gasteiger partial charge < -0.3 is 16.5 Å². The molecule has 0 bridgehead atoms. The Balaban J connectivity index is 2.94. The maximum absolute atomic E-state index is 5.47. The van der Waals surface area contributed by atoms with Gasteiger partial charge in [0, 0.05) is 0 Å². The highest BCUT2D eigenvalue weighted by Gasteiger charge is 2.06. The van der Waals surface area contributed by atoms with E-state index < -0.39 is 5.50 Å². The van der Waals surface area contributed by atoms with Gasteiger partial charge in [-0.2, -0.15) is 0 Å². The highest BCUT2D eigenvalue weighted by Crippen LogP contribution is 2.15. The Morgan fingerprint density at radius 1 is 1.78 bits per heavy atom. The summed E-state index contributed by atoms with van der Waals surface area (Å²) in [7, 11) is 0. The summed E-state index contributed by atoms with van der Waals surface area (Å²) in [4.78, 5) is 6.43. The lowest BCUT2D eigenvalue weighted by atomic mass is 10.4. The molecule has 50 valence electrons. The van der Waals surface area contributed by atoms with Crippen molar-refractivity contribution in [1.29, 1.82) is 0 Å². The van der Waals surface area contributed by atoms with Gasteiger partial charge in [0.25, 0.3) is 0 Å². The van der Waals surface area contributed by atoms with E-state index in [1.807, 2.05) is 0 Å². The number of imidazole rings is 1. The van der Waals surface area contributed by atoms with Crippen molar-refractivity contribution in [2.24, 2.45) is 5.73 Å². The molecule has 0 aliphatic rings. The summed E-state index contributed by atoms with van der Waals surface area (Å²) >= 11 is 5.47. The maximum atomic E-state index is 5.47. The molecule has 0 spiro atoms. The average molecular weight is 147 g/mol. The van der Waals surface area contributed by atoms with Crippen molar-refractivity contribution in [2.45, 2.75) is 5.50 Å². The minimum absolute atomic E-state index is 0.428. The van der Waals surface area contributed by atoms with Crippen molar-refractivity contribution in [3.63, 3.8) is 0 Å². The first-order valence-electron chi connectivity index (χ1n) is 2.40. The molecule has 0 aliphatic carbocycles. The van der Waals surface area contributed by atoms with Crippen LogP contribution in [0.25, 0.3) is 0 Å². The quantitative estimate of drug-likeness (QED) is 0.391. The monoisotopic (exact) mass is 146 g/mol. The number of anilines is 1. The zero-order valence-corrected chi connectivity index (χ0v) is 5.39. The van der Waals surface area contributed by atoms with Gasteiger partial charge in [0.05, 0.1) is 6.33 Å². The van der Waals surface area contributed by atoms with E-state index in [1.54, 1.807) is 0 Å². The third-order valence-electron chi connectivity index (χ3n) is 0.961. The summed E-state index contributed by atoms with van der Waals surface area (Å²) < 4.78 is 0. The summed E-state index contributed by atoms with van der Waals surface area (Å²) in [6.07, 6.45) is 1.45. The summed E-state index contributed by atoms with van der Waals surface area (Å²) in [6, 6.07) is 0. The van der Waals surface area contributed by atoms with Crippen LogP contribution in [0.3, 0.4) is 0 Å². The second-order valence-electron chi connectivity index (χ2n) is 1.60. The molecule has 1 aromatic heterocycles. The third-order valence-corrected chi connectivity index (χ3v) is 1.17. The molecule has 5 N–H and O–H groups in total. The smallest absolute Gasteiger partial charge is 0.127 e. The molecule has 1 unspecified atom stereocenters. The van der Waals surface area contributed by atoms with Gasteiger partial charge in [-0.05, 0) is 0 Å². The normalized spacial score (nSPS) is 13.6. The summed E-state index contributed by atoms with van der Waals surface area (Å²) in [5.41, 5.74) is 10.5. The Morgan fingerprint density at radius 2 is 2.44 bits per heavy atom. The lowest BCUT2D eigenvalue weighted by Crippen LogP contribution is -2.05. The van der Waals surface area contributed by atoms with E-state index in [1.165, 1.54) is 6.33 Å². The molecule has 0 aliphatic heterocycles. The van der Waals surface area contributed by atoms with Gasteiger partial charge in [-0.15, -0.1) is 0 Å². The van der Waals surface area contributed by atoms with E-state index in [-0.39, 0.29) is 0 Å². The first-order valence-corrected chi connectivity index (χ1v) is 2.84. The Hall–Kier alpha value is -0.740. The molecule has 9 heavy (non-hydrogen) atoms. The third kappa shape index (κ3) is 1.14. The van der Waals surface area contributed by atoms with Crippen molar-refractivity contribution < 1.29 is 0 Å². The van der Waals surface area contributed by atoms with Crippen LogP contribution in [0.1, 0.15) is 11.2 Å². The molecule has 1 heterocycles. The number of aromatic nitrogens is 2. The summed E-state index contributed by atoms with van der Waals surface area (Å²) in [6.45, 7) is 0. The first kappa shape index (κ1) is 6.38. The first-order chi connectivity index (χ1) is 4.22. The largest absolute Gasteiger partial charge is 0.384 e. The molecule has 0 amide bonds. The Morgan fingerprint density at radius 3 is 2.67 bits per heavy atom. The van der Waals surface area contributed by atoms with Crippen molar-refractivity contribution >= 4 is 17.4 Å². The van der Waals surface area contributed by atoms with Crippen LogP contribution in [0, 0.1) is 0 Å². The topological polar surface area (TPSA) is 80.7 Å². The zero-order chi connectivity index (χ0) is 6.85. The SMILES string of the molecule is Nc1[nH]cnc1C(N)Cl. The minimum atomic E-state index is -0.615. The number of nitrogens with two attached hydrogens (primary N) is 2. The van der Waals surface area contributed by atoms with Crippen LogP contribution in [-0.4, -0.2) is 9.97 Å². The average Bonchev–Trinajstić information content (AvgIpc) is 2.13. The standard InChI is InChI=1S/C4H7ClN4/c5-3(6)2-4(7)9-1-8-2/h1,3H,6-7H2,(H,8,9). The fourth-order valence-corrected chi connectivity index (χ4v) is 0.708. The van der Waals surface area contributed by atoms with E-state index in [0.717, 1.165) is 0 Å². The van der Waals surface area contributed by atoms with Gasteiger partial charge in [-0.1, -0.05) is 11.6 Å². The summed E-state index contributed by atoms with van der Waals surface area (Å²) in [5, 5.41) is 0. The van der Waals surface area contributed by atoms with Crippen LogP contribution in [0.4, 0.5) is 5.82 Å². The number of alkyl halides is 1. The van der Waals surface area contributed by atoms with Crippen LogP contribution in [0.15, 0.2) is 6.33 Å². The molecule has 5 heteroatoms. The molecule has 1 rings (SSSR count). The van der Waals surface area contributed by atoms with Gasteiger partial charge in [0.2, 0.25) is 0 Å². The predicted molar refractivity (Wildman–Crippen MR) is 35.8 cm³/mol. The van der Waals surface area contributed by atoms with E-state index >= 15 is 0 Å². The number of halogens is 1. The number of nitrogens with zero attached hydrogens (tertiary/aromatic N) is 1. The summed E-state index contributed by atoms with van der Waals surface area (Å²) in [5.74, 6) is 0.428. The Kier molecular flexibility index (Phi) is 1.59. The Bertz CT molecular complexity index is 194. The fourth-order valence-electron chi connectivity index (χ4n) is 0.535. The van der Waals surface area contributed by atoms with Crippen molar-refractivity contribution in [3.05, 3.63) is 12.0 Å². The van der Waals surface area contributed by atoms with Crippen LogP contribution < -0.4 is 11.5 Å². The molecule has 1 aromatic rings. The molecule has 0 radical (unpaired) electrons. The Labute approximate surface area is 57.2 Å². The zero-order valence-electron chi connectivity index (χ0n) is 4.63. The fraction of sp³-hybridized carbons (Fsp3) is 0.250. The number of hydrogen-bond donors (Lipinski definition) is 3. The predicted octanol–water partition coefficient (Wildman–Crippen LogP) is 0.188. The lowest BCUT2D eigenvalue weighted by molar-refractivity contribution is 0.971. The molecule has 0 aromatic carbocycles. The van der Waals surface area contributed by atoms with E-state index in [4.69, 9.17) is 23.1 Å². The van der Waals surface area contributed by atoms with E-state index in [0.29, 0.717) is 11.5 Å². The van der Waals surface area contributed by atoms with Crippen molar-refractivity contribution in [3.8, 4) is 0 Å². The highest BCUT2D eigenvalue weighted by molar-refractivity contribution is 6.20. The minimum Gasteiger partial charge on any atom is -0.384 e. The molecular formula is C4H7ClN4. The number of aromatic amines is 1. The van der Waals surface area contributed by atoms with Gasteiger partial charge >= 0.3 is 0 Å². The van der Waals surface area contributed by atoms with Gasteiger partial charge in [0.15, 0.2) is 0 Å². The number of rotatable bonds is 1. The highest BCUT2D eigenvalue weighted by atomic mass is 35.5. The van der Waals surface area contributed by atoms with Gasteiger partial charge in [-0.3, -0.25) is 0 Å². The molecule has 0 fully saturated rings. The van der Waals surface area contributed by atoms with Crippen molar-refractivity contribution in [1.82, 2.24) is 9.97 Å². The van der Waals surface area contributed by atoms with Gasteiger partial charge in [-0.25, -0.2) is 4.98 Å². The van der Waals surface area contributed by atoms with Crippen LogP contribution in [0.2, 0.25) is 0 Å². The number of nitrogen functional groups attached to an aromatic ring is 1. The van der Waals surface area contributed by atoms with Gasteiger partial charge in [0.1, 0.15) is 17.0 Å². The van der Waals surface area contributed by atoms with Crippen LogP contribution in [0.5, 0.6) is 0 Å². The molecule has 0 saturated heterocycles. The van der Waals surface area contributed by atoms with E-state index in [9.17, 15) is 0 Å². The number of H-pyrrole nitrogens is 1. The molecule has 0 saturated carbocycles. The maximum Gasteiger partial charge on any atom is 0.127 e. The second-order valence-corrected chi connectivity index (χ2v) is 2.07. The molecule has 1 atom stereocenters. The van der Waals surface area contributed by atoms with Crippen LogP contribution >= 0.6 is 11.6 Å². The molecular weight excluding hydrogens is 140 g/mol. The van der Waals surface area contributed by atoms with E-state index in [2.05, 4.69) is 9.97 Å². The lowest BCUT2D eigenvalue weighted by Gasteiger charge is -1.96. The number of nitrogens with one attached hydrogen (secondary N) is 1. The second kappa shape index (κ2) is 2.24. The van der Waals surface area contributed by atoms with Crippen LogP contribution in [-0.2, 0) is 0 Å². The molecule has 4 nitrogen and oxygen atoms in total.